The van der Waals surface area contributed by atoms with Gasteiger partial charge >= 0.3 is 5.69 Å². The molecular formula is C24H20N4O4S. The van der Waals surface area contributed by atoms with Crippen LogP contribution in [0.4, 0.5) is 10.8 Å². The average molecular weight is 461 g/mol. The van der Waals surface area contributed by atoms with Gasteiger partial charge in [-0.15, -0.1) is 11.3 Å². The van der Waals surface area contributed by atoms with Gasteiger partial charge in [-0.1, -0.05) is 42.5 Å². The van der Waals surface area contributed by atoms with Gasteiger partial charge < -0.3 is 9.47 Å². The van der Waals surface area contributed by atoms with Crippen molar-refractivity contribution in [3.8, 4) is 22.8 Å². The minimum absolute atomic E-state index is 0.0864. The molecular weight excluding hydrogens is 440 g/mol. The molecule has 0 atom stereocenters. The highest BCUT2D eigenvalue weighted by Gasteiger charge is 2.14. The summed E-state index contributed by atoms with van der Waals surface area (Å²) in [5, 5.41) is 18.1. The van der Waals surface area contributed by atoms with Crippen LogP contribution in [0.5, 0.6) is 11.5 Å². The summed E-state index contributed by atoms with van der Waals surface area (Å²) in [5.74, 6) is 0.814. The molecule has 0 aliphatic heterocycles. The van der Waals surface area contributed by atoms with Crippen LogP contribution < -0.4 is 14.9 Å². The molecule has 4 aromatic rings. The average Bonchev–Trinajstić information content (AvgIpc) is 3.32. The number of nitro benzene ring substituents is 1. The number of hydrazone groups is 1. The number of hydrogen-bond donors (Lipinski definition) is 1. The van der Waals surface area contributed by atoms with Crippen molar-refractivity contribution in [3.05, 3.63) is 99.4 Å². The standard InChI is InChI=1S/C24H20N4O4S/c1-31-22-12-11-17(13-19(22)15-32-23-10-6-5-9-21(23)28(29)30)14-25-27-24-26-20(16-33-24)18-7-3-2-4-8-18/h2-14,16H,15H2,1H3,(H,26,27). The lowest BCUT2D eigenvalue weighted by atomic mass is 10.1. The van der Waals surface area contributed by atoms with Crippen LogP contribution in [0.15, 0.2) is 83.3 Å². The quantitative estimate of drug-likeness (QED) is 0.194. The van der Waals surface area contributed by atoms with Crippen LogP contribution >= 0.6 is 11.3 Å². The second-order valence-electron chi connectivity index (χ2n) is 6.86. The van der Waals surface area contributed by atoms with E-state index in [0.29, 0.717) is 10.9 Å². The smallest absolute Gasteiger partial charge is 0.310 e. The highest BCUT2D eigenvalue weighted by Crippen LogP contribution is 2.29. The first-order valence-electron chi connectivity index (χ1n) is 9.97. The number of methoxy groups -OCH3 is 1. The van der Waals surface area contributed by atoms with Crippen LogP contribution in [0.25, 0.3) is 11.3 Å². The monoisotopic (exact) mass is 460 g/mol. The normalized spacial score (nSPS) is 10.8. The molecule has 1 heterocycles. The van der Waals surface area contributed by atoms with Crippen LogP contribution in [0, 0.1) is 10.1 Å². The van der Waals surface area contributed by atoms with Gasteiger partial charge in [0.2, 0.25) is 5.13 Å². The topological polar surface area (TPSA) is 98.9 Å². The van der Waals surface area contributed by atoms with E-state index >= 15 is 0 Å². The van der Waals surface area contributed by atoms with Crippen molar-refractivity contribution in [2.45, 2.75) is 6.61 Å². The summed E-state index contributed by atoms with van der Waals surface area (Å²) < 4.78 is 11.1. The molecule has 8 nitrogen and oxygen atoms in total. The molecule has 33 heavy (non-hydrogen) atoms. The summed E-state index contributed by atoms with van der Waals surface area (Å²) in [6.45, 7) is 0.107. The van der Waals surface area contributed by atoms with Gasteiger partial charge in [-0.05, 0) is 29.8 Å². The third-order valence-corrected chi connectivity index (χ3v) is 5.44. The van der Waals surface area contributed by atoms with Gasteiger partial charge in [0.05, 0.1) is 23.9 Å². The maximum Gasteiger partial charge on any atom is 0.310 e. The van der Waals surface area contributed by atoms with Gasteiger partial charge in [-0.2, -0.15) is 5.10 Å². The Hall–Kier alpha value is -4.24. The van der Waals surface area contributed by atoms with E-state index in [1.54, 1.807) is 37.6 Å². The van der Waals surface area contributed by atoms with E-state index in [0.717, 1.165) is 22.4 Å². The van der Waals surface area contributed by atoms with Gasteiger partial charge in [-0.25, -0.2) is 4.98 Å². The van der Waals surface area contributed by atoms with Crippen LogP contribution in [0.3, 0.4) is 0 Å². The van der Waals surface area contributed by atoms with Crippen molar-refractivity contribution >= 4 is 28.4 Å². The number of rotatable bonds is 9. The highest BCUT2D eigenvalue weighted by atomic mass is 32.1. The van der Waals surface area contributed by atoms with Crippen molar-refractivity contribution in [1.29, 1.82) is 0 Å². The number of para-hydroxylation sites is 2. The van der Waals surface area contributed by atoms with E-state index in [2.05, 4.69) is 15.5 Å². The van der Waals surface area contributed by atoms with Crippen LogP contribution in [-0.4, -0.2) is 23.2 Å². The molecule has 0 spiro atoms. The fourth-order valence-electron chi connectivity index (χ4n) is 3.11. The maximum absolute atomic E-state index is 11.2. The Kier molecular flexibility index (Phi) is 6.91. The molecule has 0 radical (unpaired) electrons. The minimum Gasteiger partial charge on any atom is -0.496 e. The fraction of sp³-hybridized carbons (Fsp3) is 0.0833. The fourth-order valence-corrected chi connectivity index (χ4v) is 3.77. The number of benzene rings is 3. The van der Waals surface area contributed by atoms with E-state index in [1.807, 2.05) is 47.8 Å². The molecule has 0 aliphatic rings. The molecule has 0 saturated carbocycles. The lowest BCUT2D eigenvalue weighted by molar-refractivity contribution is -0.385. The largest absolute Gasteiger partial charge is 0.496 e. The lowest BCUT2D eigenvalue weighted by Gasteiger charge is -2.11. The number of nitro groups is 1. The van der Waals surface area contributed by atoms with Gasteiger partial charge in [0, 0.05) is 22.6 Å². The number of ether oxygens (including phenoxy) is 2. The molecule has 0 fully saturated rings. The van der Waals surface area contributed by atoms with Gasteiger partial charge in [0.25, 0.3) is 0 Å². The molecule has 3 aromatic carbocycles. The van der Waals surface area contributed by atoms with Crippen molar-refractivity contribution < 1.29 is 14.4 Å². The number of anilines is 1. The zero-order valence-electron chi connectivity index (χ0n) is 17.7. The van der Waals surface area contributed by atoms with E-state index < -0.39 is 4.92 Å². The first-order valence-corrected chi connectivity index (χ1v) is 10.8. The Morgan fingerprint density at radius 2 is 1.88 bits per heavy atom. The van der Waals surface area contributed by atoms with Crippen LogP contribution in [0.1, 0.15) is 11.1 Å². The Labute approximate surface area is 194 Å². The maximum atomic E-state index is 11.2. The van der Waals surface area contributed by atoms with E-state index in [9.17, 15) is 10.1 Å². The molecule has 4 rings (SSSR count). The van der Waals surface area contributed by atoms with E-state index in [-0.39, 0.29) is 18.0 Å². The molecule has 0 bridgehead atoms. The summed E-state index contributed by atoms with van der Waals surface area (Å²) >= 11 is 1.47. The summed E-state index contributed by atoms with van der Waals surface area (Å²) in [4.78, 5) is 15.3. The summed E-state index contributed by atoms with van der Waals surface area (Å²) in [6.07, 6.45) is 1.66. The predicted octanol–water partition coefficient (Wildman–Crippen LogP) is 5.75. The molecule has 1 aromatic heterocycles. The molecule has 0 amide bonds. The van der Waals surface area contributed by atoms with Crippen molar-refractivity contribution in [2.24, 2.45) is 5.10 Å². The van der Waals surface area contributed by atoms with Gasteiger partial charge in [0.1, 0.15) is 12.4 Å². The first kappa shape index (κ1) is 22.0. The molecule has 9 heteroatoms. The van der Waals surface area contributed by atoms with Crippen LogP contribution in [-0.2, 0) is 6.61 Å². The van der Waals surface area contributed by atoms with Crippen molar-refractivity contribution in [3.63, 3.8) is 0 Å². The summed E-state index contributed by atoms with van der Waals surface area (Å²) in [6, 6.07) is 21.7. The zero-order valence-corrected chi connectivity index (χ0v) is 18.5. The van der Waals surface area contributed by atoms with Crippen molar-refractivity contribution in [1.82, 2.24) is 4.98 Å². The second kappa shape index (κ2) is 10.4. The number of nitrogens with one attached hydrogen (secondary N) is 1. The molecule has 1 N–H and O–H groups in total. The Balaban J connectivity index is 1.44. The predicted molar refractivity (Wildman–Crippen MR) is 129 cm³/mol. The third-order valence-electron chi connectivity index (χ3n) is 4.70. The second-order valence-corrected chi connectivity index (χ2v) is 7.72. The molecule has 0 unspecified atom stereocenters. The molecule has 0 aliphatic carbocycles. The SMILES string of the molecule is COc1ccc(C=NNc2nc(-c3ccccc3)cs2)cc1COc1ccccc1[N+](=O)[O-]. The number of nitrogens with zero attached hydrogens (tertiary/aromatic N) is 3. The lowest BCUT2D eigenvalue weighted by Crippen LogP contribution is -2.02. The van der Waals surface area contributed by atoms with E-state index in [1.165, 1.54) is 17.4 Å². The first-order chi connectivity index (χ1) is 16.1. The number of hydrogen-bond acceptors (Lipinski definition) is 8. The Morgan fingerprint density at radius 3 is 2.67 bits per heavy atom. The molecule has 0 saturated heterocycles. The number of aromatic nitrogens is 1. The number of thiazole rings is 1. The van der Waals surface area contributed by atoms with Crippen molar-refractivity contribution in [2.75, 3.05) is 12.5 Å². The zero-order chi connectivity index (χ0) is 23.0. The minimum atomic E-state index is -0.469. The summed E-state index contributed by atoms with van der Waals surface area (Å²) in [5.41, 5.74) is 6.34. The Bertz CT molecular complexity index is 1270. The highest BCUT2D eigenvalue weighted by molar-refractivity contribution is 7.14. The summed E-state index contributed by atoms with van der Waals surface area (Å²) in [7, 11) is 1.56. The third kappa shape index (κ3) is 5.52. The van der Waals surface area contributed by atoms with Gasteiger partial charge in [0.15, 0.2) is 5.75 Å². The Morgan fingerprint density at radius 1 is 1.09 bits per heavy atom. The van der Waals surface area contributed by atoms with Crippen LogP contribution in [0.2, 0.25) is 0 Å². The van der Waals surface area contributed by atoms with E-state index in [4.69, 9.17) is 9.47 Å². The van der Waals surface area contributed by atoms with Gasteiger partial charge in [-0.3, -0.25) is 15.5 Å². The molecule has 166 valence electrons.